The van der Waals surface area contributed by atoms with Gasteiger partial charge in [-0.05, 0) is 53.3 Å². The largest absolute Gasteiger partial charge is 0.496 e. The zero-order valence-corrected chi connectivity index (χ0v) is 12.2. The van der Waals surface area contributed by atoms with Crippen LogP contribution in [-0.4, -0.2) is 19.1 Å². The molecule has 1 unspecified atom stereocenters. The normalized spacial score (nSPS) is 12.2. The first kappa shape index (κ1) is 14.0. The van der Waals surface area contributed by atoms with Crippen molar-refractivity contribution in [2.24, 2.45) is 0 Å². The molecule has 100 valence electrons. The van der Waals surface area contributed by atoms with Gasteiger partial charge in [-0.15, -0.1) is 0 Å². The number of halogens is 2. The average molecular weight is 325 g/mol. The highest BCUT2D eigenvalue weighted by molar-refractivity contribution is 9.10. The average Bonchev–Trinajstić information content (AvgIpc) is 2.42. The number of aromatic nitrogens is 1. The lowest BCUT2D eigenvalue weighted by molar-refractivity contribution is 0.403. The number of hydrogen-bond donors (Lipinski definition) is 1. The van der Waals surface area contributed by atoms with Gasteiger partial charge in [0.1, 0.15) is 11.6 Å². The standard InChI is InChI=1S/C14H14BrFN2O/c1-17-13(14-11(15)4-3-7-18-14)10-8-9(16)5-6-12(10)19-2/h3-8,13,17H,1-2H3. The third-order valence-corrected chi connectivity index (χ3v) is 3.52. The first-order valence-corrected chi connectivity index (χ1v) is 6.57. The molecule has 0 bridgehead atoms. The molecule has 2 aromatic rings. The molecule has 0 amide bonds. The van der Waals surface area contributed by atoms with Gasteiger partial charge in [-0.2, -0.15) is 0 Å². The molecule has 0 aliphatic rings. The van der Waals surface area contributed by atoms with Crippen molar-refractivity contribution < 1.29 is 9.13 Å². The number of nitrogens with one attached hydrogen (secondary N) is 1. The van der Waals surface area contributed by atoms with Gasteiger partial charge in [0, 0.05) is 16.2 Å². The number of ether oxygens (including phenoxy) is 1. The Morgan fingerprint density at radius 2 is 2.16 bits per heavy atom. The van der Waals surface area contributed by atoms with Crippen LogP contribution in [0.1, 0.15) is 17.3 Å². The monoisotopic (exact) mass is 324 g/mol. The van der Waals surface area contributed by atoms with E-state index in [9.17, 15) is 4.39 Å². The van der Waals surface area contributed by atoms with Crippen LogP contribution >= 0.6 is 15.9 Å². The van der Waals surface area contributed by atoms with Gasteiger partial charge < -0.3 is 10.1 Å². The maximum absolute atomic E-state index is 13.5. The Morgan fingerprint density at radius 1 is 1.37 bits per heavy atom. The number of methoxy groups -OCH3 is 1. The molecule has 0 saturated carbocycles. The maximum atomic E-state index is 13.5. The van der Waals surface area contributed by atoms with Gasteiger partial charge in [-0.3, -0.25) is 4.98 Å². The van der Waals surface area contributed by atoms with E-state index < -0.39 is 0 Å². The third-order valence-electron chi connectivity index (χ3n) is 2.85. The van der Waals surface area contributed by atoms with E-state index in [0.29, 0.717) is 11.3 Å². The Bertz CT molecular complexity index is 577. The number of nitrogens with zero attached hydrogens (tertiary/aromatic N) is 1. The van der Waals surface area contributed by atoms with Crippen molar-refractivity contribution in [2.45, 2.75) is 6.04 Å². The lowest BCUT2D eigenvalue weighted by Crippen LogP contribution is -2.20. The number of benzene rings is 1. The Kier molecular flexibility index (Phi) is 4.50. The Morgan fingerprint density at radius 3 is 2.79 bits per heavy atom. The number of rotatable bonds is 4. The molecular weight excluding hydrogens is 311 g/mol. The molecule has 1 aromatic heterocycles. The Hall–Kier alpha value is -1.46. The third kappa shape index (κ3) is 2.93. The zero-order valence-electron chi connectivity index (χ0n) is 10.7. The molecule has 0 fully saturated rings. The molecule has 0 spiro atoms. The van der Waals surface area contributed by atoms with Crippen LogP contribution in [0.15, 0.2) is 41.0 Å². The molecule has 0 aliphatic heterocycles. The van der Waals surface area contributed by atoms with Gasteiger partial charge in [-0.1, -0.05) is 0 Å². The van der Waals surface area contributed by atoms with Crippen molar-refractivity contribution in [3.05, 3.63) is 58.1 Å². The van der Waals surface area contributed by atoms with E-state index in [1.807, 2.05) is 12.1 Å². The first-order chi connectivity index (χ1) is 9.17. The van der Waals surface area contributed by atoms with E-state index in [1.54, 1.807) is 26.4 Å². The van der Waals surface area contributed by atoms with E-state index in [-0.39, 0.29) is 11.9 Å². The lowest BCUT2D eigenvalue weighted by Gasteiger charge is -2.20. The SMILES string of the molecule is CNC(c1cc(F)ccc1OC)c1ncccc1Br. The quantitative estimate of drug-likeness (QED) is 0.937. The van der Waals surface area contributed by atoms with Gasteiger partial charge >= 0.3 is 0 Å². The number of pyridine rings is 1. The molecule has 1 heterocycles. The van der Waals surface area contributed by atoms with Crippen LogP contribution in [0.4, 0.5) is 4.39 Å². The van der Waals surface area contributed by atoms with Gasteiger partial charge in [0.25, 0.3) is 0 Å². The Labute approximate surface area is 119 Å². The highest BCUT2D eigenvalue weighted by Gasteiger charge is 2.20. The maximum Gasteiger partial charge on any atom is 0.124 e. The van der Waals surface area contributed by atoms with Crippen LogP contribution in [-0.2, 0) is 0 Å². The smallest absolute Gasteiger partial charge is 0.124 e. The topological polar surface area (TPSA) is 34.1 Å². The van der Waals surface area contributed by atoms with Crippen molar-refractivity contribution in [3.8, 4) is 5.75 Å². The molecule has 1 atom stereocenters. The van der Waals surface area contributed by atoms with Gasteiger partial charge in [0.2, 0.25) is 0 Å². The fourth-order valence-electron chi connectivity index (χ4n) is 1.98. The molecule has 1 aromatic carbocycles. The summed E-state index contributed by atoms with van der Waals surface area (Å²) in [5, 5.41) is 3.14. The first-order valence-electron chi connectivity index (χ1n) is 5.78. The minimum atomic E-state index is -0.303. The fraction of sp³-hybridized carbons (Fsp3) is 0.214. The van der Waals surface area contributed by atoms with Crippen LogP contribution in [0.5, 0.6) is 5.75 Å². The second kappa shape index (κ2) is 6.12. The summed E-state index contributed by atoms with van der Waals surface area (Å²) in [7, 11) is 3.37. The lowest BCUT2D eigenvalue weighted by atomic mass is 10.0. The molecule has 1 N–H and O–H groups in total. The van der Waals surface area contributed by atoms with Crippen molar-refractivity contribution >= 4 is 15.9 Å². The van der Waals surface area contributed by atoms with Crippen molar-refractivity contribution in [2.75, 3.05) is 14.2 Å². The highest BCUT2D eigenvalue weighted by atomic mass is 79.9. The molecule has 0 aliphatic carbocycles. The van der Waals surface area contributed by atoms with Gasteiger partial charge in [0.15, 0.2) is 0 Å². The van der Waals surface area contributed by atoms with Crippen LogP contribution in [0.25, 0.3) is 0 Å². The minimum Gasteiger partial charge on any atom is -0.496 e. The summed E-state index contributed by atoms with van der Waals surface area (Å²) in [5.41, 5.74) is 1.50. The van der Waals surface area contributed by atoms with Crippen LogP contribution in [0, 0.1) is 5.82 Å². The van der Waals surface area contributed by atoms with E-state index in [2.05, 4.69) is 26.2 Å². The summed E-state index contributed by atoms with van der Waals surface area (Å²) in [6.45, 7) is 0. The van der Waals surface area contributed by atoms with E-state index >= 15 is 0 Å². The van der Waals surface area contributed by atoms with Crippen molar-refractivity contribution in [3.63, 3.8) is 0 Å². The van der Waals surface area contributed by atoms with Crippen LogP contribution in [0.2, 0.25) is 0 Å². The molecule has 0 saturated heterocycles. The van der Waals surface area contributed by atoms with E-state index in [1.165, 1.54) is 12.1 Å². The second-order valence-corrected chi connectivity index (χ2v) is 4.83. The Balaban J connectivity index is 2.54. The second-order valence-electron chi connectivity index (χ2n) is 3.98. The summed E-state index contributed by atoms with van der Waals surface area (Å²) >= 11 is 3.46. The molecular formula is C14H14BrFN2O. The number of hydrogen-bond acceptors (Lipinski definition) is 3. The van der Waals surface area contributed by atoms with Crippen LogP contribution in [0.3, 0.4) is 0 Å². The highest BCUT2D eigenvalue weighted by Crippen LogP contribution is 2.32. The summed E-state index contributed by atoms with van der Waals surface area (Å²) in [6, 6.07) is 7.94. The molecule has 19 heavy (non-hydrogen) atoms. The van der Waals surface area contributed by atoms with Gasteiger partial charge in [-0.25, -0.2) is 4.39 Å². The van der Waals surface area contributed by atoms with Crippen molar-refractivity contribution in [1.82, 2.24) is 10.3 Å². The minimum absolute atomic E-state index is 0.249. The molecule has 0 radical (unpaired) electrons. The van der Waals surface area contributed by atoms with Crippen LogP contribution < -0.4 is 10.1 Å². The van der Waals surface area contributed by atoms with E-state index in [4.69, 9.17) is 4.74 Å². The summed E-state index contributed by atoms with van der Waals surface area (Å²) in [4.78, 5) is 4.34. The molecule has 5 heteroatoms. The summed E-state index contributed by atoms with van der Waals surface area (Å²) < 4.78 is 19.6. The van der Waals surface area contributed by atoms with Gasteiger partial charge in [0.05, 0.1) is 18.8 Å². The summed E-state index contributed by atoms with van der Waals surface area (Å²) in [5.74, 6) is 0.321. The molecule has 3 nitrogen and oxygen atoms in total. The zero-order chi connectivity index (χ0) is 13.8. The van der Waals surface area contributed by atoms with E-state index in [0.717, 1.165) is 10.2 Å². The fourth-order valence-corrected chi connectivity index (χ4v) is 2.46. The van der Waals surface area contributed by atoms with Crippen molar-refractivity contribution in [1.29, 1.82) is 0 Å². The predicted molar refractivity (Wildman–Crippen MR) is 75.8 cm³/mol. The summed E-state index contributed by atoms with van der Waals surface area (Å²) in [6.07, 6.45) is 1.70. The molecule has 2 rings (SSSR count). The predicted octanol–water partition coefficient (Wildman–Crippen LogP) is 3.30.